The van der Waals surface area contributed by atoms with Crippen LogP contribution in [0.25, 0.3) is 0 Å². The van der Waals surface area contributed by atoms with E-state index in [1.807, 2.05) is 30.3 Å². The second-order valence-corrected chi connectivity index (χ2v) is 5.96. The maximum Gasteiger partial charge on any atom is 0.336 e. The van der Waals surface area contributed by atoms with Crippen molar-refractivity contribution in [3.05, 3.63) is 64.7 Å². The Morgan fingerprint density at radius 2 is 1.86 bits per heavy atom. The number of aromatic carboxylic acids is 1. The number of carbonyl (C=O) groups is 2. The number of hydrogen-bond acceptors (Lipinski definition) is 2. The number of carboxylic acids is 1. The lowest BCUT2D eigenvalue weighted by atomic mass is 9.85. The van der Waals surface area contributed by atoms with Gasteiger partial charge in [0.2, 0.25) is 0 Å². The number of carboxylic acid groups (broad SMARTS) is 1. The van der Waals surface area contributed by atoms with E-state index in [-0.39, 0.29) is 17.5 Å². The summed E-state index contributed by atoms with van der Waals surface area (Å²) < 4.78 is 0. The third-order valence-electron chi connectivity index (χ3n) is 4.73. The Labute approximate surface area is 128 Å². The molecule has 22 heavy (non-hydrogen) atoms. The Morgan fingerprint density at radius 3 is 2.64 bits per heavy atom. The Morgan fingerprint density at radius 1 is 1.14 bits per heavy atom. The van der Waals surface area contributed by atoms with Crippen LogP contribution in [0, 0.1) is 0 Å². The fourth-order valence-electron chi connectivity index (χ4n) is 3.76. The zero-order chi connectivity index (χ0) is 15.4. The summed E-state index contributed by atoms with van der Waals surface area (Å²) in [4.78, 5) is 26.1. The Bertz CT molecular complexity index is 812. The van der Waals surface area contributed by atoms with E-state index in [0.29, 0.717) is 11.5 Å². The van der Waals surface area contributed by atoms with Gasteiger partial charge in [0.1, 0.15) is 0 Å². The van der Waals surface area contributed by atoms with E-state index >= 15 is 0 Å². The Hall–Kier alpha value is -2.62. The number of para-hydroxylation sites is 1. The van der Waals surface area contributed by atoms with E-state index in [1.165, 1.54) is 6.07 Å². The molecule has 1 amide bonds. The molecule has 0 saturated heterocycles. The molecule has 4 nitrogen and oxygen atoms in total. The fraction of sp³-hybridized carbons (Fsp3) is 0.222. The number of rotatable bonds is 1. The second kappa shape index (κ2) is 4.44. The first kappa shape index (κ1) is 13.1. The summed E-state index contributed by atoms with van der Waals surface area (Å²) in [6, 6.07) is 12.9. The van der Waals surface area contributed by atoms with Gasteiger partial charge in [-0.2, -0.15) is 0 Å². The van der Waals surface area contributed by atoms with Crippen LogP contribution in [-0.4, -0.2) is 17.0 Å². The number of benzene rings is 2. The normalized spacial score (nSPS) is 22.0. The first-order valence-corrected chi connectivity index (χ1v) is 7.38. The number of carbonyl (C=O) groups excluding carboxylic acids is 1. The van der Waals surface area contributed by atoms with Crippen LogP contribution >= 0.6 is 0 Å². The largest absolute Gasteiger partial charge is 0.478 e. The quantitative estimate of drug-likeness (QED) is 0.874. The second-order valence-electron chi connectivity index (χ2n) is 5.96. The van der Waals surface area contributed by atoms with Gasteiger partial charge in [0.25, 0.3) is 5.91 Å². The smallest absolute Gasteiger partial charge is 0.336 e. The van der Waals surface area contributed by atoms with Crippen LogP contribution in [-0.2, 0) is 0 Å². The van der Waals surface area contributed by atoms with Gasteiger partial charge in [-0.25, -0.2) is 4.79 Å². The minimum atomic E-state index is -1.05. The van der Waals surface area contributed by atoms with E-state index in [1.54, 1.807) is 11.0 Å². The van der Waals surface area contributed by atoms with Gasteiger partial charge < -0.3 is 10.0 Å². The van der Waals surface area contributed by atoms with E-state index in [2.05, 4.69) is 6.92 Å². The summed E-state index contributed by atoms with van der Waals surface area (Å²) >= 11 is 0. The van der Waals surface area contributed by atoms with Crippen LogP contribution in [0.3, 0.4) is 0 Å². The SMILES string of the molecule is CC1CC2c3cccc(C(=O)O)c3C(=O)N2c2ccccc21. The summed E-state index contributed by atoms with van der Waals surface area (Å²) in [7, 11) is 0. The molecule has 4 heteroatoms. The molecule has 2 atom stereocenters. The molecule has 2 aliphatic heterocycles. The summed E-state index contributed by atoms with van der Waals surface area (Å²) in [6.07, 6.45) is 0.818. The molecule has 0 aromatic heterocycles. The average molecular weight is 293 g/mol. The van der Waals surface area contributed by atoms with Crippen LogP contribution in [0.4, 0.5) is 5.69 Å². The lowest BCUT2D eigenvalue weighted by Gasteiger charge is -2.35. The predicted octanol–water partition coefficient (Wildman–Crippen LogP) is 3.59. The Balaban J connectivity index is 1.95. The minimum absolute atomic E-state index is 0.0632. The standard InChI is InChI=1S/C18H15NO3/c1-10-9-15-12-6-4-7-13(18(21)22)16(12)17(20)19(15)14-8-3-2-5-11(10)14/h2-8,10,15H,9H2,1H3,(H,21,22). The van der Waals surface area contributed by atoms with Crippen molar-refractivity contribution in [2.75, 3.05) is 4.90 Å². The molecule has 2 aliphatic rings. The number of anilines is 1. The fourth-order valence-corrected chi connectivity index (χ4v) is 3.76. The third-order valence-corrected chi connectivity index (χ3v) is 4.73. The minimum Gasteiger partial charge on any atom is -0.478 e. The van der Waals surface area contributed by atoms with Gasteiger partial charge in [-0.15, -0.1) is 0 Å². The van der Waals surface area contributed by atoms with Crippen molar-refractivity contribution < 1.29 is 14.7 Å². The molecular weight excluding hydrogens is 278 g/mol. The lowest BCUT2D eigenvalue weighted by molar-refractivity contribution is 0.0692. The molecule has 2 aromatic rings. The van der Waals surface area contributed by atoms with Crippen molar-refractivity contribution in [1.82, 2.24) is 0 Å². The van der Waals surface area contributed by atoms with Crippen molar-refractivity contribution in [2.45, 2.75) is 25.3 Å². The van der Waals surface area contributed by atoms with Crippen LogP contribution < -0.4 is 4.90 Å². The maximum absolute atomic E-state index is 12.9. The van der Waals surface area contributed by atoms with Crippen molar-refractivity contribution in [3.8, 4) is 0 Å². The molecule has 2 aromatic carbocycles. The molecule has 2 heterocycles. The number of hydrogen-bond donors (Lipinski definition) is 1. The highest BCUT2D eigenvalue weighted by molar-refractivity contribution is 6.16. The van der Waals surface area contributed by atoms with E-state index < -0.39 is 5.97 Å². The van der Waals surface area contributed by atoms with E-state index in [4.69, 9.17) is 0 Å². The number of fused-ring (bicyclic) bond motifs is 5. The van der Waals surface area contributed by atoms with Gasteiger partial charge in [-0.1, -0.05) is 37.3 Å². The molecule has 0 fully saturated rings. The van der Waals surface area contributed by atoms with E-state index in [9.17, 15) is 14.7 Å². The monoisotopic (exact) mass is 293 g/mol. The number of amides is 1. The van der Waals surface area contributed by atoms with Crippen LogP contribution in [0.2, 0.25) is 0 Å². The van der Waals surface area contributed by atoms with Gasteiger partial charge in [-0.05, 0) is 35.6 Å². The molecular formula is C18H15NO3. The third kappa shape index (κ3) is 1.58. The molecule has 1 N–H and O–H groups in total. The molecule has 0 bridgehead atoms. The zero-order valence-electron chi connectivity index (χ0n) is 12.1. The van der Waals surface area contributed by atoms with Gasteiger partial charge in [0.05, 0.1) is 17.2 Å². The molecule has 0 radical (unpaired) electrons. The molecule has 2 unspecified atom stereocenters. The molecule has 4 rings (SSSR count). The van der Waals surface area contributed by atoms with Crippen molar-refractivity contribution in [3.63, 3.8) is 0 Å². The maximum atomic E-state index is 12.9. The van der Waals surface area contributed by atoms with Crippen LogP contribution in [0.15, 0.2) is 42.5 Å². The van der Waals surface area contributed by atoms with Gasteiger partial charge >= 0.3 is 5.97 Å². The number of nitrogens with zero attached hydrogens (tertiary/aromatic N) is 1. The molecule has 0 spiro atoms. The van der Waals surface area contributed by atoms with E-state index in [0.717, 1.165) is 23.2 Å². The molecule has 110 valence electrons. The first-order valence-electron chi connectivity index (χ1n) is 7.38. The van der Waals surface area contributed by atoms with Crippen LogP contribution in [0.5, 0.6) is 0 Å². The highest BCUT2D eigenvalue weighted by Gasteiger charge is 2.44. The summed E-state index contributed by atoms with van der Waals surface area (Å²) in [6.45, 7) is 2.15. The van der Waals surface area contributed by atoms with Gasteiger partial charge in [0, 0.05) is 5.69 Å². The van der Waals surface area contributed by atoms with Gasteiger partial charge in [0.15, 0.2) is 0 Å². The average Bonchev–Trinajstić information content (AvgIpc) is 2.81. The van der Waals surface area contributed by atoms with Crippen molar-refractivity contribution in [2.24, 2.45) is 0 Å². The highest BCUT2D eigenvalue weighted by Crippen LogP contribution is 2.49. The predicted molar refractivity (Wildman–Crippen MR) is 82.4 cm³/mol. The van der Waals surface area contributed by atoms with Crippen molar-refractivity contribution >= 4 is 17.6 Å². The zero-order valence-corrected chi connectivity index (χ0v) is 12.1. The first-order chi connectivity index (χ1) is 10.6. The molecule has 0 aliphatic carbocycles. The van der Waals surface area contributed by atoms with Gasteiger partial charge in [-0.3, -0.25) is 4.79 Å². The van der Waals surface area contributed by atoms with Crippen molar-refractivity contribution in [1.29, 1.82) is 0 Å². The molecule has 0 saturated carbocycles. The summed E-state index contributed by atoms with van der Waals surface area (Å²) in [5, 5.41) is 9.38. The highest BCUT2D eigenvalue weighted by atomic mass is 16.4. The summed E-state index contributed by atoms with van der Waals surface area (Å²) in [5.41, 5.74) is 3.35. The topological polar surface area (TPSA) is 57.6 Å². The Kier molecular flexibility index (Phi) is 2.64. The summed E-state index contributed by atoms with van der Waals surface area (Å²) in [5.74, 6) is -0.909. The van der Waals surface area contributed by atoms with Crippen LogP contribution in [0.1, 0.15) is 57.1 Å². The lowest BCUT2D eigenvalue weighted by Crippen LogP contribution is -2.33.